The largest absolute Gasteiger partial charge is 0.472 e. The third kappa shape index (κ3) is 41.4. The molecule has 3 N–H and O–H groups in total. The third-order valence-corrected chi connectivity index (χ3v) is 9.81. The van der Waals surface area contributed by atoms with E-state index in [1.807, 2.05) is 18.2 Å². The SMILES string of the molecule is CCCCC/C=C/C/C=C/C/C=C/C/C=C/C/C=C/CCC(=O)OC[C@H](COP(=O)(O)OC[C@@H](O)CO)OC(=O)CC/C=C/CCCCCCCCCCCCC. The van der Waals surface area contributed by atoms with Crippen LogP contribution in [0.3, 0.4) is 0 Å². The zero-order valence-electron chi connectivity index (χ0n) is 35.5. The van der Waals surface area contributed by atoms with Crippen LogP contribution in [-0.4, -0.2) is 65.7 Å². The number of esters is 2. The second-order valence-corrected chi connectivity index (χ2v) is 15.8. The lowest BCUT2D eigenvalue weighted by atomic mass is 10.1. The van der Waals surface area contributed by atoms with E-state index in [1.54, 1.807) is 0 Å². The van der Waals surface area contributed by atoms with Gasteiger partial charge >= 0.3 is 19.8 Å². The lowest BCUT2D eigenvalue weighted by Gasteiger charge is -2.20. The summed E-state index contributed by atoms with van der Waals surface area (Å²) in [6, 6.07) is 0. The van der Waals surface area contributed by atoms with Crippen LogP contribution < -0.4 is 0 Å². The summed E-state index contributed by atoms with van der Waals surface area (Å²) in [6.07, 6.45) is 47.5. The van der Waals surface area contributed by atoms with Crippen molar-refractivity contribution in [1.29, 1.82) is 0 Å². The first-order chi connectivity index (χ1) is 27.7. The molecule has 0 saturated heterocycles. The molecule has 0 amide bonds. The summed E-state index contributed by atoms with van der Waals surface area (Å²) in [6.45, 7) is 2.22. The van der Waals surface area contributed by atoms with Crippen molar-refractivity contribution in [2.24, 2.45) is 0 Å². The number of aliphatic hydroxyl groups is 2. The van der Waals surface area contributed by atoms with Gasteiger partial charge in [-0.3, -0.25) is 18.6 Å². The smallest absolute Gasteiger partial charge is 0.462 e. The normalized spacial score (nSPS) is 14.5. The van der Waals surface area contributed by atoms with Gasteiger partial charge in [-0.05, 0) is 64.2 Å². The average Bonchev–Trinajstić information content (AvgIpc) is 3.20. The summed E-state index contributed by atoms with van der Waals surface area (Å²) in [4.78, 5) is 34.9. The average molecular weight is 823 g/mol. The van der Waals surface area contributed by atoms with Gasteiger partial charge in [-0.15, -0.1) is 0 Å². The monoisotopic (exact) mass is 823 g/mol. The molecular formula is C46H79O10P. The lowest BCUT2D eigenvalue weighted by Crippen LogP contribution is -2.29. The highest BCUT2D eigenvalue weighted by Crippen LogP contribution is 2.43. The second kappa shape index (κ2) is 41.6. The predicted octanol–water partition coefficient (Wildman–Crippen LogP) is 11.7. The quantitative estimate of drug-likeness (QED) is 0.0236. The van der Waals surface area contributed by atoms with Crippen LogP contribution in [-0.2, 0) is 32.7 Å². The first-order valence-electron chi connectivity index (χ1n) is 21.9. The molecule has 0 radical (unpaired) electrons. The highest BCUT2D eigenvalue weighted by atomic mass is 31.2. The molecule has 0 rings (SSSR count). The van der Waals surface area contributed by atoms with E-state index >= 15 is 0 Å². The van der Waals surface area contributed by atoms with Gasteiger partial charge in [-0.1, -0.05) is 164 Å². The fourth-order valence-electron chi connectivity index (χ4n) is 5.46. The molecule has 0 aliphatic heterocycles. The maximum absolute atomic E-state index is 12.6. The maximum atomic E-state index is 12.6. The number of carbonyl (C=O) groups excluding carboxylic acids is 2. The summed E-state index contributed by atoms with van der Waals surface area (Å²) in [7, 11) is -4.64. The minimum Gasteiger partial charge on any atom is -0.462 e. The van der Waals surface area contributed by atoms with Crippen LogP contribution in [0.4, 0.5) is 0 Å². The van der Waals surface area contributed by atoms with Crippen LogP contribution >= 0.6 is 7.82 Å². The van der Waals surface area contributed by atoms with Gasteiger partial charge in [0, 0.05) is 12.8 Å². The Morgan fingerprint density at radius 3 is 1.44 bits per heavy atom. The molecule has 0 spiro atoms. The Morgan fingerprint density at radius 1 is 0.526 bits per heavy atom. The third-order valence-electron chi connectivity index (χ3n) is 8.86. The molecular weight excluding hydrogens is 743 g/mol. The number of aliphatic hydroxyl groups excluding tert-OH is 2. The van der Waals surface area contributed by atoms with Crippen LogP contribution in [0, 0.1) is 0 Å². The first kappa shape index (κ1) is 54.4. The fraction of sp³-hybridized carbons (Fsp3) is 0.696. The Labute approximate surface area is 346 Å². The second-order valence-electron chi connectivity index (χ2n) is 14.4. The van der Waals surface area contributed by atoms with E-state index in [1.165, 1.54) is 89.9 Å². The molecule has 0 bridgehead atoms. The summed E-state index contributed by atoms with van der Waals surface area (Å²) >= 11 is 0. The Kier molecular flexibility index (Phi) is 39.7. The zero-order valence-corrected chi connectivity index (χ0v) is 36.4. The van der Waals surface area contributed by atoms with Crippen LogP contribution in [0.25, 0.3) is 0 Å². The molecule has 1 unspecified atom stereocenters. The Balaban J connectivity index is 4.46. The molecule has 11 heteroatoms. The highest BCUT2D eigenvalue weighted by molar-refractivity contribution is 7.47. The van der Waals surface area contributed by atoms with Gasteiger partial charge in [-0.2, -0.15) is 0 Å². The molecule has 0 aliphatic rings. The van der Waals surface area contributed by atoms with E-state index in [9.17, 15) is 24.2 Å². The van der Waals surface area contributed by atoms with Crippen molar-refractivity contribution in [2.75, 3.05) is 26.4 Å². The van der Waals surface area contributed by atoms with Gasteiger partial charge in [0.25, 0.3) is 0 Å². The zero-order chi connectivity index (χ0) is 41.9. The van der Waals surface area contributed by atoms with Gasteiger partial charge in [0.1, 0.15) is 12.7 Å². The molecule has 57 heavy (non-hydrogen) atoms. The Bertz CT molecular complexity index is 1180. The van der Waals surface area contributed by atoms with Crippen molar-refractivity contribution in [3.63, 3.8) is 0 Å². The van der Waals surface area contributed by atoms with Crippen molar-refractivity contribution in [3.8, 4) is 0 Å². The number of carbonyl (C=O) groups is 2. The molecule has 328 valence electrons. The number of hydrogen-bond donors (Lipinski definition) is 3. The Morgan fingerprint density at radius 2 is 0.912 bits per heavy atom. The minimum atomic E-state index is -4.64. The van der Waals surface area contributed by atoms with Crippen molar-refractivity contribution < 1.29 is 47.8 Å². The van der Waals surface area contributed by atoms with Crippen LogP contribution in [0.5, 0.6) is 0 Å². The Hall–Kier alpha value is -2.59. The molecule has 0 fully saturated rings. The van der Waals surface area contributed by atoms with Crippen molar-refractivity contribution >= 4 is 19.8 Å². The number of allylic oxidation sites excluding steroid dienone is 12. The van der Waals surface area contributed by atoms with Crippen molar-refractivity contribution in [3.05, 3.63) is 72.9 Å². The number of unbranched alkanes of at least 4 members (excludes halogenated alkanes) is 14. The van der Waals surface area contributed by atoms with Crippen LogP contribution in [0.1, 0.15) is 168 Å². The number of hydrogen-bond acceptors (Lipinski definition) is 9. The maximum Gasteiger partial charge on any atom is 0.472 e. The van der Waals surface area contributed by atoms with E-state index in [-0.39, 0.29) is 19.4 Å². The van der Waals surface area contributed by atoms with Gasteiger partial charge in [-0.25, -0.2) is 4.57 Å². The lowest BCUT2D eigenvalue weighted by molar-refractivity contribution is -0.161. The van der Waals surface area contributed by atoms with E-state index in [2.05, 4.69) is 73.1 Å². The van der Waals surface area contributed by atoms with Gasteiger partial charge < -0.3 is 24.6 Å². The van der Waals surface area contributed by atoms with Crippen molar-refractivity contribution in [1.82, 2.24) is 0 Å². The van der Waals surface area contributed by atoms with E-state index in [0.717, 1.165) is 38.5 Å². The molecule has 3 atom stereocenters. The van der Waals surface area contributed by atoms with Gasteiger partial charge in [0.05, 0.1) is 19.8 Å². The minimum absolute atomic E-state index is 0.0828. The van der Waals surface area contributed by atoms with Crippen LogP contribution in [0.15, 0.2) is 72.9 Å². The van der Waals surface area contributed by atoms with Gasteiger partial charge in [0.2, 0.25) is 0 Å². The molecule has 10 nitrogen and oxygen atoms in total. The topological polar surface area (TPSA) is 149 Å². The standard InChI is InChI=1S/C46H79O10P/c1-3-5-7-9-11-13-15-17-19-20-21-22-24-25-27-29-31-33-35-37-45(49)53-41-44(42-55-57(51,52)54-40-43(48)39-47)56-46(50)38-36-34-32-30-28-26-23-18-16-14-12-10-8-6-4-2/h11,13,17,19,21-22,25,27,31-34,43-44,47-48H,3-10,12,14-16,18,20,23-24,26,28-30,35-42H2,1-2H3,(H,51,52)/b13-11+,19-17+,22-21+,27-25+,33-31+,34-32+/t43-,44+/m0/s1. The molecule has 0 saturated carbocycles. The molecule has 0 aromatic rings. The molecule has 0 aromatic heterocycles. The number of phosphoric acid groups is 1. The van der Waals surface area contributed by atoms with Crippen LogP contribution in [0.2, 0.25) is 0 Å². The number of ether oxygens (including phenoxy) is 2. The summed E-state index contributed by atoms with van der Waals surface area (Å²) in [5, 5.41) is 18.3. The summed E-state index contributed by atoms with van der Waals surface area (Å²) < 4.78 is 32.6. The van der Waals surface area contributed by atoms with E-state index in [4.69, 9.17) is 19.1 Å². The molecule has 0 aromatic carbocycles. The molecule has 0 heterocycles. The van der Waals surface area contributed by atoms with E-state index in [0.29, 0.717) is 12.8 Å². The molecule has 0 aliphatic carbocycles. The fourth-order valence-corrected chi connectivity index (χ4v) is 6.25. The summed E-state index contributed by atoms with van der Waals surface area (Å²) in [5.41, 5.74) is 0. The summed E-state index contributed by atoms with van der Waals surface area (Å²) in [5.74, 6) is -1.08. The van der Waals surface area contributed by atoms with Gasteiger partial charge in [0.15, 0.2) is 6.10 Å². The first-order valence-corrected chi connectivity index (χ1v) is 23.4. The highest BCUT2D eigenvalue weighted by Gasteiger charge is 2.27. The predicted molar refractivity (Wildman–Crippen MR) is 233 cm³/mol. The van der Waals surface area contributed by atoms with E-state index < -0.39 is 51.8 Å². The number of phosphoric ester groups is 1. The van der Waals surface area contributed by atoms with Crippen molar-refractivity contribution in [2.45, 2.75) is 180 Å². The number of rotatable bonds is 40.